The Morgan fingerprint density at radius 1 is 1.28 bits per heavy atom. The number of nitrogens with one attached hydrogen (secondary N) is 1. The van der Waals surface area contributed by atoms with Gasteiger partial charge in [0.05, 0.1) is 19.3 Å². The molecule has 3 heteroatoms. The minimum atomic E-state index is 0.210. The zero-order valence-electron chi connectivity index (χ0n) is 11.3. The van der Waals surface area contributed by atoms with E-state index in [9.17, 15) is 0 Å². The van der Waals surface area contributed by atoms with Crippen LogP contribution < -0.4 is 5.32 Å². The average Bonchev–Trinajstić information content (AvgIpc) is 2.41. The van der Waals surface area contributed by atoms with Crippen molar-refractivity contribution in [2.75, 3.05) is 33.4 Å². The Hall–Kier alpha value is -1.16. The van der Waals surface area contributed by atoms with Crippen molar-refractivity contribution in [3.63, 3.8) is 0 Å². The zero-order chi connectivity index (χ0) is 13.1. The van der Waals surface area contributed by atoms with Gasteiger partial charge in [0.25, 0.3) is 0 Å². The summed E-state index contributed by atoms with van der Waals surface area (Å²) in [6, 6.07) is 10.2. The lowest BCUT2D eigenvalue weighted by Gasteiger charge is -2.12. The average molecular weight is 249 g/mol. The van der Waals surface area contributed by atoms with E-state index >= 15 is 0 Å². The molecule has 0 aliphatic carbocycles. The Bertz CT molecular complexity index is 325. The van der Waals surface area contributed by atoms with Crippen LogP contribution in [0.15, 0.2) is 36.4 Å². The van der Waals surface area contributed by atoms with Gasteiger partial charge in [-0.05, 0) is 12.5 Å². The predicted molar refractivity (Wildman–Crippen MR) is 75.6 cm³/mol. The van der Waals surface area contributed by atoms with Crippen LogP contribution >= 0.6 is 0 Å². The van der Waals surface area contributed by atoms with E-state index in [2.05, 4.69) is 30.4 Å². The molecule has 1 atom stereocenters. The second-order valence-corrected chi connectivity index (χ2v) is 4.15. The molecular formula is C15H23NO2. The van der Waals surface area contributed by atoms with Crippen LogP contribution in [0.5, 0.6) is 0 Å². The van der Waals surface area contributed by atoms with Crippen LogP contribution in [0, 0.1) is 0 Å². The molecule has 0 spiro atoms. The largest absolute Gasteiger partial charge is 0.383 e. The van der Waals surface area contributed by atoms with E-state index < -0.39 is 0 Å². The van der Waals surface area contributed by atoms with Crippen LogP contribution in [-0.4, -0.2) is 39.5 Å². The Morgan fingerprint density at radius 2 is 2.06 bits per heavy atom. The van der Waals surface area contributed by atoms with Gasteiger partial charge < -0.3 is 14.8 Å². The Labute approximate surface area is 110 Å². The van der Waals surface area contributed by atoms with Gasteiger partial charge in [0.1, 0.15) is 0 Å². The highest BCUT2D eigenvalue weighted by Gasteiger charge is 1.99. The summed E-state index contributed by atoms with van der Waals surface area (Å²) < 4.78 is 10.6. The van der Waals surface area contributed by atoms with Gasteiger partial charge in [0.2, 0.25) is 0 Å². The van der Waals surface area contributed by atoms with Crippen molar-refractivity contribution >= 4 is 6.08 Å². The maximum absolute atomic E-state index is 5.65. The normalized spacial score (nSPS) is 13.0. The maximum Gasteiger partial charge on any atom is 0.0675 e. The van der Waals surface area contributed by atoms with Gasteiger partial charge in [-0.1, -0.05) is 42.5 Å². The fourth-order valence-electron chi connectivity index (χ4n) is 1.51. The molecule has 3 nitrogen and oxygen atoms in total. The number of methoxy groups -OCH3 is 1. The van der Waals surface area contributed by atoms with Crippen molar-refractivity contribution in [1.29, 1.82) is 0 Å². The van der Waals surface area contributed by atoms with E-state index in [0.717, 1.165) is 19.7 Å². The van der Waals surface area contributed by atoms with Crippen LogP contribution in [0.1, 0.15) is 12.5 Å². The molecule has 100 valence electrons. The number of benzene rings is 1. The van der Waals surface area contributed by atoms with Crippen LogP contribution in [0.3, 0.4) is 0 Å². The summed E-state index contributed by atoms with van der Waals surface area (Å²) in [7, 11) is 1.70. The molecule has 1 unspecified atom stereocenters. The van der Waals surface area contributed by atoms with Gasteiger partial charge in [-0.25, -0.2) is 0 Å². The van der Waals surface area contributed by atoms with E-state index in [4.69, 9.17) is 9.47 Å². The van der Waals surface area contributed by atoms with Crippen molar-refractivity contribution in [3.05, 3.63) is 42.0 Å². The Balaban J connectivity index is 2.08. The lowest BCUT2D eigenvalue weighted by atomic mass is 10.2. The number of hydrogen-bond donors (Lipinski definition) is 1. The fraction of sp³-hybridized carbons (Fsp3) is 0.467. The summed E-state index contributed by atoms with van der Waals surface area (Å²) >= 11 is 0. The highest BCUT2D eigenvalue weighted by Crippen LogP contribution is 2.01. The molecule has 0 saturated heterocycles. The van der Waals surface area contributed by atoms with Crippen molar-refractivity contribution in [2.45, 2.75) is 13.0 Å². The summed E-state index contributed by atoms with van der Waals surface area (Å²) in [6.45, 7) is 5.16. The van der Waals surface area contributed by atoms with Gasteiger partial charge in [-0.2, -0.15) is 0 Å². The minimum Gasteiger partial charge on any atom is -0.383 e. The highest BCUT2D eigenvalue weighted by molar-refractivity contribution is 5.48. The molecule has 0 bridgehead atoms. The van der Waals surface area contributed by atoms with Gasteiger partial charge in [0.15, 0.2) is 0 Å². The third-order valence-electron chi connectivity index (χ3n) is 2.50. The van der Waals surface area contributed by atoms with Crippen LogP contribution in [0.2, 0.25) is 0 Å². The first-order valence-electron chi connectivity index (χ1n) is 6.35. The van der Waals surface area contributed by atoms with Gasteiger partial charge >= 0.3 is 0 Å². The summed E-state index contributed by atoms with van der Waals surface area (Å²) in [5, 5.41) is 3.27. The van der Waals surface area contributed by atoms with Gasteiger partial charge in [0, 0.05) is 20.2 Å². The molecular weight excluding hydrogens is 226 g/mol. The molecule has 0 aromatic heterocycles. The Kier molecular flexibility index (Phi) is 8.13. The zero-order valence-corrected chi connectivity index (χ0v) is 11.3. The lowest BCUT2D eigenvalue weighted by Crippen LogP contribution is -2.29. The standard InChI is InChI=1S/C15H23NO2/c1-14(13-16-10-12-17-2)18-11-6-9-15-7-4-3-5-8-15/h3-9,14,16H,10-13H2,1-2H3. The molecule has 1 rings (SSSR count). The van der Waals surface area contributed by atoms with Crippen molar-refractivity contribution in [1.82, 2.24) is 5.32 Å². The van der Waals surface area contributed by atoms with Crippen molar-refractivity contribution in [3.8, 4) is 0 Å². The van der Waals surface area contributed by atoms with Crippen molar-refractivity contribution < 1.29 is 9.47 Å². The molecule has 0 fully saturated rings. The third kappa shape index (κ3) is 7.22. The van der Waals surface area contributed by atoms with E-state index in [1.165, 1.54) is 5.56 Å². The molecule has 0 saturated carbocycles. The molecule has 18 heavy (non-hydrogen) atoms. The first kappa shape index (κ1) is 14.9. The van der Waals surface area contributed by atoms with E-state index in [0.29, 0.717) is 6.61 Å². The summed E-state index contributed by atoms with van der Waals surface area (Å²) in [6.07, 6.45) is 4.33. The number of hydrogen-bond acceptors (Lipinski definition) is 3. The summed E-state index contributed by atoms with van der Waals surface area (Å²) in [5.74, 6) is 0. The fourth-order valence-corrected chi connectivity index (χ4v) is 1.51. The summed E-state index contributed by atoms with van der Waals surface area (Å²) in [4.78, 5) is 0. The second-order valence-electron chi connectivity index (χ2n) is 4.15. The number of rotatable bonds is 9. The maximum atomic E-state index is 5.65. The van der Waals surface area contributed by atoms with Gasteiger partial charge in [-0.15, -0.1) is 0 Å². The van der Waals surface area contributed by atoms with E-state index in [-0.39, 0.29) is 6.10 Å². The van der Waals surface area contributed by atoms with Crippen LogP contribution in [0.25, 0.3) is 6.08 Å². The minimum absolute atomic E-state index is 0.210. The molecule has 0 heterocycles. The SMILES string of the molecule is COCCNCC(C)OCC=Cc1ccccc1. The lowest BCUT2D eigenvalue weighted by molar-refractivity contribution is 0.0861. The van der Waals surface area contributed by atoms with Crippen LogP contribution in [0.4, 0.5) is 0 Å². The predicted octanol–water partition coefficient (Wildman–Crippen LogP) is 2.34. The van der Waals surface area contributed by atoms with Gasteiger partial charge in [-0.3, -0.25) is 0 Å². The molecule has 0 amide bonds. The van der Waals surface area contributed by atoms with Crippen molar-refractivity contribution in [2.24, 2.45) is 0 Å². The van der Waals surface area contributed by atoms with Crippen LogP contribution in [-0.2, 0) is 9.47 Å². The molecule has 1 aromatic rings. The second kappa shape index (κ2) is 9.83. The molecule has 0 radical (unpaired) electrons. The quantitative estimate of drug-likeness (QED) is 0.681. The highest BCUT2D eigenvalue weighted by atomic mass is 16.5. The Morgan fingerprint density at radius 3 is 2.78 bits per heavy atom. The first-order valence-corrected chi connectivity index (χ1v) is 6.35. The van der Waals surface area contributed by atoms with E-state index in [1.54, 1.807) is 7.11 Å². The topological polar surface area (TPSA) is 30.5 Å². The molecule has 1 N–H and O–H groups in total. The monoisotopic (exact) mass is 249 g/mol. The smallest absolute Gasteiger partial charge is 0.0675 e. The number of ether oxygens (including phenoxy) is 2. The molecule has 0 aliphatic rings. The first-order chi connectivity index (χ1) is 8.83. The molecule has 1 aromatic carbocycles. The molecule has 0 aliphatic heterocycles. The summed E-state index contributed by atoms with van der Waals surface area (Å²) in [5.41, 5.74) is 1.20. The van der Waals surface area contributed by atoms with E-state index in [1.807, 2.05) is 24.3 Å². The third-order valence-corrected chi connectivity index (χ3v) is 2.50.